The number of amides is 3. The Morgan fingerprint density at radius 3 is 2.25 bits per heavy atom. The van der Waals surface area contributed by atoms with Crippen molar-refractivity contribution in [3.05, 3.63) is 0 Å². The molecule has 1 atom stereocenters. The van der Waals surface area contributed by atoms with E-state index in [0.717, 1.165) is 0 Å². The summed E-state index contributed by atoms with van der Waals surface area (Å²) in [4.78, 5) is 20.8. The minimum Gasteiger partial charge on any atom is -0.275 e. The molecular formula is C4H4F3N3O2. The fourth-order valence-corrected chi connectivity index (χ4v) is 0.649. The monoisotopic (exact) mass is 183 g/mol. The second-order valence-corrected chi connectivity index (χ2v) is 2.06. The highest BCUT2D eigenvalue weighted by Crippen LogP contribution is 2.20. The summed E-state index contributed by atoms with van der Waals surface area (Å²) in [7, 11) is 0. The number of hydrogen-bond acceptors (Lipinski definition) is 3. The molecule has 0 bridgehead atoms. The lowest BCUT2D eigenvalue weighted by Gasteiger charge is -2.24. The van der Waals surface area contributed by atoms with Gasteiger partial charge in [-0.25, -0.2) is 10.2 Å². The lowest BCUT2D eigenvalue weighted by Crippen LogP contribution is -2.66. The number of hydrogen-bond donors (Lipinski definition) is 3. The summed E-state index contributed by atoms with van der Waals surface area (Å²) in [6.45, 7) is 0. The summed E-state index contributed by atoms with van der Waals surface area (Å²) in [6.07, 6.45) is -4.71. The predicted molar refractivity (Wildman–Crippen MR) is 29.7 cm³/mol. The van der Waals surface area contributed by atoms with Crippen molar-refractivity contribution < 1.29 is 22.8 Å². The molecule has 8 heteroatoms. The van der Waals surface area contributed by atoms with Crippen LogP contribution in [-0.2, 0) is 4.79 Å². The Kier molecular flexibility index (Phi) is 1.92. The van der Waals surface area contributed by atoms with E-state index in [1.165, 1.54) is 10.7 Å². The van der Waals surface area contributed by atoms with Gasteiger partial charge in [0.25, 0.3) is 5.91 Å². The lowest BCUT2D eigenvalue weighted by atomic mass is 10.2. The highest BCUT2D eigenvalue weighted by molar-refractivity contribution is 5.99. The molecule has 3 amide bonds. The topological polar surface area (TPSA) is 70.2 Å². The Morgan fingerprint density at radius 2 is 1.83 bits per heavy atom. The molecule has 5 nitrogen and oxygen atoms in total. The van der Waals surface area contributed by atoms with Gasteiger partial charge in [0.1, 0.15) is 0 Å². The third-order valence-electron chi connectivity index (χ3n) is 1.16. The molecular weight excluding hydrogens is 179 g/mol. The van der Waals surface area contributed by atoms with E-state index in [9.17, 15) is 22.8 Å². The van der Waals surface area contributed by atoms with Crippen LogP contribution in [0.4, 0.5) is 18.0 Å². The van der Waals surface area contributed by atoms with Crippen molar-refractivity contribution in [3.8, 4) is 0 Å². The van der Waals surface area contributed by atoms with Crippen LogP contribution >= 0.6 is 0 Å². The van der Waals surface area contributed by atoms with Crippen LogP contribution in [0.15, 0.2) is 0 Å². The maximum absolute atomic E-state index is 11.8. The molecule has 0 aromatic heterocycles. The average molecular weight is 183 g/mol. The standard InChI is InChI=1S/C4H4F3N3O2/c5-4(6,7)1-2(11)8-3(12)10-9-1/h1,9H,(H2,8,10,11,12). The molecule has 1 fully saturated rings. The molecule has 0 saturated carbocycles. The molecule has 1 rings (SSSR count). The molecule has 1 aliphatic rings. The number of carbonyl (C=O) groups is 2. The van der Waals surface area contributed by atoms with Gasteiger partial charge in [0.2, 0.25) is 6.04 Å². The third kappa shape index (κ3) is 1.64. The van der Waals surface area contributed by atoms with Crippen molar-refractivity contribution in [1.29, 1.82) is 0 Å². The van der Waals surface area contributed by atoms with Crippen LogP contribution in [-0.4, -0.2) is 24.2 Å². The zero-order chi connectivity index (χ0) is 9.35. The van der Waals surface area contributed by atoms with E-state index in [2.05, 4.69) is 0 Å². The first kappa shape index (κ1) is 8.78. The first-order valence-corrected chi connectivity index (χ1v) is 2.84. The van der Waals surface area contributed by atoms with Crippen LogP contribution < -0.4 is 16.2 Å². The van der Waals surface area contributed by atoms with E-state index in [1.54, 1.807) is 5.43 Å². The Balaban J connectivity index is 2.69. The van der Waals surface area contributed by atoms with Crippen molar-refractivity contribution in [1.82, 2.24) is 16.2 Å². The molecule has 0 radical (unpaired) electrons. The summed E-state index contributed by atoms with van der Waals surface area (Å²) < 4.78 is 35.5. The molecule has 3 N–H and O–H groups in total. The maximum atomic E-state index is 11.8. The number of imide groups is 1. The van der Waals surface area contributed by atoms with E-state index in [-0.39, 0.29) is 0 Å². The van der Waals surface area contributed by atoms with E-state index >= 15 is 0 Å². The lowest BCUT2D eigenvalue weighted by molar-refractivity contribution is -0.171. The molecule has 1 aliphatic heterocycles. The van der Waals surface area contributed by atoms with Crippen LogP contribution in [0, 0.1) is 0 Å². The highest BCUT2D eigenvalue weighted by atomic mass is 19.4. The predicted octanol–water partition coefficient (Wildman–Crippen LogP) is -0.739. The second-order valence-electron chi connectivity index (χ2n) is 2.06. The molecule has 1 saturated heterocycles. The molecule has 0 spiro atoms. The van der Waals surface area contributed by atoms with Gasteiger partial charge in [-0.1, -0.05) is 0 Å². The molecule has 0 aliphatic carbocycles. The van der Waals surface area contributed by atoms with Gasteiger partial charge in [0.15, 0.2) is 0 Å². The summed E-state index contributed by atoms with van der Waals surface area (Å²) in [5.41, 5.74) is 3.15. The number of urea groups is 1. The average Bonchev–Trinajstić information content (AvgIpc) is 1.83. The van der Waals surface area contributed by atoms with Gasteiger partial charge in [0, 0.05) is 0 Å². The van der Waals surface area contributed by atoms with Crippen molar-refractivity contribution in [2.75, 3.05) is 0 Å². The number of carbonyl (C=O) groups excluding carboxylic acids is 2. The van der Waals surface area contributed by atoms with Crippen LogP contribution in [0.2, 0.25) is 0 Å². The normalized spacial score (nSPS) is 24.8. The Hall–Kier alpha value is -1.31. The Bertz CT molecular complexity index is 226. The summed E-state index contributed by atoms with van der Waals surface area (Å²) in [5, 5.41) is 1.46. The fraction of sp³-hybridized carbons (Fsp3) is 0.500. The van der Waals surface area contributed by atoms with Gasteiger partial charge in [-0.2, -0.15) is 13.2 Å². The Morgan fingerprint density at radius 1 is 1.25 bits per heavy atom. The van der Waals surface area contributed by atoms with Crippen LogP contribution in [0.25, 0.3) is 0 Å². The maximum Gasteiger partial charge on any atom is 0.414 e. The van der Waals surface area contributed by atoms with Crippen LogP contribution in [0.3, 0.4) is 0 Å². The second kappa shape index (κ2) is 2.63. The van der Waals surface area contributed by atoms with Gasteiger partial charge in [-0.05, 0) is 0 Å². The van der Waals surface area contributed by atoms with Gasteiger partial charge in [0.05, 0.1) is 0 Å². The summed E-state index contributed by atoms with van der Waals surface area (Å²) >= 11 is 0. The van der Waals surface area contributed by atoms with Gasteiger partial charge in [-0.3, -0.25) is 15.5 Å². The number of halogens is 3. The molecule has 68 valence electrons. The van der Waals surface area contributed by atoms with Gasteiger partial charge < -0.3 is 0 Å². The van der Waals surface area contributed by atoms with Crippen molar-refractivity contribution >= 4 is 11.9 Å². The molecule has 0 aromatic carbocycles. The van der Waals surface area contributed by atoms with E-state index in [1.807, 2.05) is 0 Å². The Labute approximate surface area is 64.3 Å². The molecule has 1 unspecified atom stereocenters. The number of alkyl halides is 3. The van der Waals surface area contributed by atoms with Crippen molar-refractivity contribution in [3.63, 3.8) is 0 Å². The number of rotatable bonds is 0. The molecule has 1 heterocycles. The van der Waals surface area contributed by atoms with E-state index in [4.69, 9.17) is 0 Å². The van der Waals surface area contributed by atoms with Crippen molar-refractivity contribution in [2.45, 2.75) is 12.2 Å². The van der Waals surface area contributed by atoms with Gasteiger partial charge in [-0.15, -0.1) is 0 Å². The van der Waals surface area contributed by atoms with E-state index < -0.39 is 24.2 Å². The van der Waals surface area contributed by atoms with Gasteiger partial charge >= 0.3 is 12.2 Å². The highest BCUT2D eigenvalue weighted by Gasteiger charge is 2.47. The summed E-state index contributed by atoms with van der Waals surface area (Å²) in [6, 6.07) is -3.38. The van der Waals surface area contributed by atoms with Crippen molar-refractivity contribution in [2.24, 2.45) is 0 Å². The molecule has 12 heavy (non-hydrogen) atoms. The fourth-order valence-electron chi connectivity index (χ4n) is 0.649. The molecule has 0 aromatic rings. The third-order valence-corrected chi connectivity index (χ3v) is 1.16. The van der Waals surface area contributed by atoms with E-state index in [0.29, 0.717) is 0 Å². The first-order chi connectivity index (χ1) is 5.41. The quantitative estimate of drug-likeness (QED) is 0.463. The minimum atomic E-state index is -4.71. The largest absolute Gasteiger partial charge is 0.414 e. The van der Waals surface area contributed by atoms with Crippen LogP contribution in [0.1, 0.15) is 0 Å². The zero-order valence-electron chi connectivity index (χ0n) is 5.53. The number of nitrogens with one attached hydrogen (secondary N) is 3. The summed E-state index contributed by atoms with van der Waals surface area (Å²) in [5.74, 6) is -1.41. The zero-order valence-corrected chi connectivity index (χ0v) is 5.53. The van der Waals surface area contributed by atoms with Crippen LogP contribution in [0.5, 0.6) is 0 Å². The smallest absolute Gasteiger partial charge is 0.275 e. The SMILES string of the molecule is O=C1NNC(C(F)(F)F)C(=O)N1. The minimum absolute atomic E-state index is 1.000. The first-order valence-electron chi connectivity index (χ1n) is 2.84. The number of hydrazine groups is 1.